The van der Waals surface area contributed by atoms with E-state index in [1.165, 1.54) is 5.56 Å². The average molecular weight is 211 g/mol. The quantitative estimate of drug-likeness (QED) is 0.579. The highest BCUT2D eigenvalue weighted by Crippen LogP contribution is 2.10. The van der Waals surface area contributed by atoms with E-state index in [-0.39, 0.29) is 0 Å². The van der Waals surface area contributed by atoms with Gasteiger partial charge in [0.05, 0.1) is 12.5 Å². The maximum Gasteiger partial charge on any atom is 0.0928 e. The zero-order chi connectivity index (χ0) is 10.2. The number of hydrogen-bond donors (Lipinski definition) is 1. The van der Waals surface area contributed by atoms with Gasteiger partial charge in [0.1, 0.15) is 0 Å². The summed E-state index contributed by atoms with van der Waals surface area (Å²) in [5.41, 5.74) is 6.71. The molecule has 3 heteroatoms. The third kappa shape index (κ3) is 4.65. The molecule has 1 aromatic carbocycles. The second-order valence-corrected chi connectivity index (χ2v) is 4.54. The van der Waals surface area contributed by atoms with Crippen LogP contribution in [0.3, 0.4) is 0 Å². The molecule has 14 heavy (non-hydrogen) atoms. The van der Waals surface area contributed by atoms with Crippen LogP contribution in [0.1, 0.15) is 12.5 Å². The lowest BCUT2D eigenvalue weighted by molar-refractivity contribution is 0.169. The lowest BCUT2D eigenvalue weighted by Gasteiger charge is -2.08. The van der Waals surface area contributed by atoms with Crippen LogP contribution in [-0.2, 0) is 11.3 Å². The molecule has 0 bridgehead atoms. The van der Waals surface area contributed by atoms with E-state index < -0.39 is 0 Å². The van der Waals surface area contributed by atoms with Gasteiger partial charge in [0, 0.05) is 11.8 Å². The van der Waals surface area contributed by atoms with Gasteiger partial charge in [0.25, 0.3) is 0 Å². The highest BCUT2D eigenvalue weighted by Gasteiger charge is 1.98. The van der Waals surface area contributed by atoms with Gasteiger partial charge in [-0.1, -0.05) is 37.3 Å². The summed E-state index contributed by atoms with van der Waals surface area (Å²) < 4.78 is 5.50. The van der Waals surface area contributed by atoms with Gasteiger partial charge in [-0.3, -0.25) is 0 Å². The minimum Gasteiger partial charge on any atom is -0.366 e. The Labute approximate surface area is 89.8 Å². The van der Waals surface area contributed by atoms with Crippen LogP contribution in [0.25, 0.3) is 0 Å². The Balaban J connectivity index is 2.10. The summed E-state index contributed by atoms with van der Waals surface area (Å²) in [5, 5.41) is 0.478. The van der Waals surface area contributed by atoms with Crippen LogP contribution in [-0.4, -0.2) is 17.7 Å². The van der Waals surface area contributed by atoms with Crippen LogP contribution in [0.2, 0.25) is 0 Å². The number of hydrogen-bond acceptors (Lipinski definition) is 3. The van der Waals surface area contributed by atoms with Crippen molar-refractivity contribution in [1.82, 2.24) is 0 Å². The summed E-state index contributed by atoms with van der Waals surface area (Å²) in [6.07, 6.45) is 0. The number of rotatable bonds is 6. The Morgan fingerprint density at radius 3 is 2.71 bits per heavy atom. The molecule has 2 N–H and O–H groups in total. The second kappa shape index (κ2) is 6.87. The maximum absolute atomic E-state index is 5.50. The fourth-order valence-corrected chi connectivity index (χ4v) is 1.51. The molecule has 1 aromatic rings. The van der Waals surface area contributed by atoms with E-state index in [4.69, 9.17) is 10.5 Å². The summed E-state index contributed by atoms with van der Waals surface area (Å²) >= 11 is 1.75. The van der Waals surface area contributed by atoms with Crippen molar-refractivity contribution in [3.8, 4) is 0 Å². The predicted molar refractivity (Wildman–Crippen MR) is 62.2 cm³/mol. The molecule has 78 valence electrons. The molecule has 0 aliphatic heterocycles. The molecular weight excluding hydrogens is 194 g/mol. The first-order chi connectivity index (χ1) is 6.83. The molecule has 1 unspecified atom stereocenters. The van der Waals surface area contributed by atoms with Gasteiger partial charge in [-0.25, -0.2) is 0 Å². The Bertz CT molecular complexity index is 240. The van der Waals surface area contributed by atoms with Gasteiger partial charge in [-0.15, -0.1) is 11.8 Å². The van der Waals surface area contributed by atoms with Crippen molar-refractivity contribution in [2.45, 2.75) is 18.8 Å². The van der Waals surface area contributed by atoms with Crippen molar-refractivity contribution in [1.29, 1.82) is 0 Å². The minimum absolute atomic E-state index is 0.478. The minimum atomic E-state index is 0.478. The molecule has 0 radical (unpaired) electrons. The van der Waals surface area contributed by atoms with Crippen molar-refractivity contribution >= 4 is 11.8 Å². The van der Waals surface area contributed by atoms with Crippen molar-refractivity contribution in [2.24, 2.45) is 5.73 Å². The van der Waals surface area contributed by atoms with Crippen LogP contribution in [0.15, 0.2) is 30.3 Å². The number of thioether (sulfide) groups is 1. The predicted octanol–water partition coefficient (Wildman–Crippen LogP) is 2.24. The molecule has 0 amide bonds. The topological polar surface area (TPSA) is 35.2 Å². The maximum atomic E-state index is 5.50. The van der Waals surface area contributed by atoms with E-state index in [1.54, 1.807) is 11.8 Å². The summed E-state index contributed by atoms with van der Waals surface area (Å²) in [6, 6.07) is 10.2. The smallest absolute Gasteiger partial charge is 0.0928 e. The molecule has 2 nitrogen and oxygen atoms in total. The van der Waals surface area contributed by atoms with Gasteiger partial charge in [-0.2, -0.15) is 0 Å². The summed E-state index contributed by atoms with van der Waals surface area (Å²) in [7, 11) is 0. The zero-order valence-corrected chi connectivity index (χ0v) is 9.30. The largest absolute Gasteiger partial charge is 0.366 e. The fraction of sp³-hybridized carbons (Fsp3) is 0.455. The normalized spacial score (nSPS) is 12.7. The first-order valence-electron chi connectivity index (χ1n) is 4.76. The molecule has 1 atom stereocenters. The molecular formula is C11H17NOS. The van der Waals surface area contributed by atoms with E-state index in [0.29, 0.717) is 24.3 Å². The first kappa shape index (κ1) is 11.6. The number of benzene rings is 1. The second-order valence-electron chi connectivity index (χ2n) is 3.16. The van der Waals surface area contributed by atoms with Crippen molar-refractivity contribution in [3.05, 3.63) is 35.9 Å². The molecule has 0 spiro atoms. The van der Waals surface area contributed by atoms with E-state index in [9.17, 15) is 0 Å². The molecule has 0 saturated carbocycles. The van der Waals surface area contributed by atoms with Gasteiger partial charge in [0.15, 0.2) is 0 Å². The van der Waals surface area contributed by atoms with Gasteiger partial charge >= 0.3 is 0 Å². The third-order valence-corrected chi connectivity index (χ3v) is 2.94. The van der Waals surface area contributed by atoms with Crippen molar-refractivity contribution in [3.63, 3.8) is 0 Å². The van der Waals surface area contributed by atoms with Gasteiger partial charge in [0.2, 0.25) is 0 Å². The van der Waals surface area contributed by atoms with Gasteiger partial charge in [-0.05, 0) is 5.56 Å². The van der Waals surface area contributed by atoms with E-state index in [2.05, 4.69) is 19.1 Å². The summed E-state index contributed by atoms with van der Waals surface area (Å²) in [6.45, 7) is 3.50. The van der Waals surface area contributed by atoms with Crippen LogP contribution in [0.5, 0.6) is 0 Å². The molecule has 0 heterocycles. The zero-order valence-electron chi connectivity index (χ0n) is 8.48. The van der Waals surface area contributed by atoms with Crippen LogP contribution in [0.4, 0.5) is 0 Å². The Morgan fingerprint density at radius 2 is 2.07 bits per heavy atom. The fourth-order valence-electron chi connectivity index (χ4n) is 0.966. The van der Waals surface area contributed by atoms with Crippen LogP contribution in [0, 0.1) is 0 Å². The standard InChI is InChI=1S/C11H17NOS/c1-10(7-12)14-9-13-8-11-5-3-2-4-6-11/h2-6,10H,7-9,12H2,1H3. The van der Waals surface area contributed by atoms with Crippen LogP contribution < -0.4 is 5.73 Å². The SMILES string of the molecule is CC(CN)SCOCc1ccccc1. The highest BCUT2D eigenvalue weighted by molar-refractivity contribution is 7.99. The third-order valence-electron chi connectivity index (χ3n) is 1.88. The Morgan fingerprint density at radius 1 is 1.36 bits per heavy atom. The van der Waals surface area contributed by atoms with Gasteiger partial charge < -0.3 is 10.5 Å². The average Bonchev–Trinajstić information content (AvgIpc) is 2.25. The van der Waals surface area contributed by atoms with E-state index >= 15 is 0 Å². The molecule has 1 rings (SSSR count). The van der Waals surface area contributed by atoms with Crippen molar-refractivity contribution < 1.29 is 4.74 Å². The van der Waals surface area contributed by atoms with Crippen LogP contribution >= 0.6 is 11.8 Å². The summed E-state index contributed by atoms with van der Waals surface area (Å²) in [4.78, 5) is 0. The Kier molecular flexibility index (Phi) is 5.68. The Hall–Kier alpha value is -0.510. The van der Waals surface area contributed by atoms with E-state index in [1.807, 2.05) is 18.2 Å². The molecule has 0 fully saturated rings. The number of nitrogens with two attached hydrogens (primary N) is 1. The molecule has 0 saturated heterocycles. The first-order valence-corrected chi connectivity index (χ1v) is 5.81. The molecule has 0 aliphatic rings. The summed E-state index contributed by atoms with van der Waals surface area (Å²) in [5.74, 6) is 0.716. The monoisotopic (exact) mass is 211 g/mol. The number of ether oxygens (including phenoxy) is 1. The molecule has 0 aliphatic carbocycles. The lowest BCUT2D eigenvalue weighted by Crippen LogP contribution is -2.13. The van der Waals surface area contributed by atoms with Crippen molar-refractivity contribution in [2.75, 3.05) is 12.5 Å². The lowest BCUT2D eigenvalue weighted by atomic mass is 10.2. The highest BCUT2D eigenvalue weighted by atomic mass is 32.2. The van der Waals surface area contributed by atoms with E-state index in [0.717, 1.165) is 0 Å². The molecule has 0 aromatic heterocycles.